The summed E-state index contributed by atoms with van der Waals surface area (Å²) in [7, 11) is 0. The zero-order chi connectivity index (χ0) is 15.6. The van der Waals surface area contributed by atoms with Crippen LogP contribution < -0.4 is 5.32 Å². The molecule has 0 bridgehead atoms. The van der Waals surface area contributed by atoms with E-state index in [9.17, 15) is 4.79 Å². The van der Waals surface area contributed by atoms with Gasteiger partial charge in [-0.3, -0.25) is 4.79 Å². The highest BCUT2D eigenvalue weighted by atomic mass is 16.3. The van der Waals surface area contributed by atoms with Gasteiger partial charge >= 0.3 is 0 Å². The number of hydrogen-bond acceptors (Lipinski definition) is 3. The monoisotopic (exact) mass is 292 g/mol. The van der Waals surface area contributed by atoms with Crippen molar-refractivity contribution in [3.63, 3.8) is 0 Å². The molecule has 1 aromatic heterocycles. The van der Waals surface area contributed by atoms with Crippen LogP contribution >= 0.6 is 0 Å². The minimum Gasteiger partial charge on any atom is -0.466 e. The van der Waals surface area contributed by atoms with Crippen molar-refractivity contribution in [2.24, 2.45) is 0 Å². The van der Waals surface area contributed by atoms with Crippen LogP contribution in [-0.4, -0.2) is 36.0 Å². The predicted octanol–water partition coefficient (Wildman–Crippen LogP) is 3.20. The second-order valence-corrected chi connectivity index (χ2v) is 6.41. The van der Waals surface area contributed by atoms with Gasteiger partial charge in [0.2, 0.25) is 0 Å². The highest BCUT2D eigenvalue weighted by Gasteiger charge is 2.27. The Hall–Kier alpha value is -1.29. The SMILES string of the molecule is Cc1oc(C)c(C(=O)N(CC2CCCCN2)C(C)C)c1C. The van der Waals surface area contributed by atoms with Crippen molar-refractivity contribution in [1.29, 1.82) is 0 Å². The number of aryl methyl sites for hydroxylation is 2. The van der Waals surface area contributed by atoms with Crippen molar-refractivity contribution >= 4 is 5.91 Å². The Kier molecular flexibility index (Phi) is 5.09. The van der Waals surface area contributed by atoms with Gasteiger partial charge in [-0.2, -0.15) is 0 Å². The fourth-order valence-electron chi connectivity index (χ4n) is 3.10. The summed E-state index contributed by atoms with van der Waals surface area (Å²) in [5, 5.41) is 3.53. The van der Waals surface area contributed by atoms with Gasteiger partial charge in [0.05, 0.1) is 5.56 Å². The number of rotatable bonds is 4. The van der Waals surface area contributed by atoms with Gasteiger partial charge in [0.15, 0.2) is 0 Å². The molecule has 1 atom stereocenters. The van der Waals surface area contributed by atoms with Crippen molar-refractivity contribution in [1.82, 2.24) is 10.2 Å². The zero-order valence-corrected chi connectivity index (χ0v) is 14.0. The molecule has 0 aromatic carbocycles. The van der Waals surface area contributed by atoms with Crippen LogP contribution in [0.5, 0.6) is 0 Å². The Morgan fingerprint density at radius 3 is 2.48 bits per heavy atom. The molecule has 0 radical (unpaired) electrons. The van der Waals surface area contributed by atoms with Crippen LogP contribution in [0.2, 0.25) is 0 Å². The zero-order valence-electron chi connectivity index (χ0n) is 14.0. The lowest BCUT2D eigenvalue weighted by Gasteiger charge is -2.33. The molecule has 4 heteroatoms. The van der Waals surface area contributed by atoms with Crippen LogP contribution in [-0.2, 0) is 0 Å². The fourth-order valence-corrected chi connectivity index (χ4v) is 3.10. The van der Waals surface area contributed by atoms with E-state index in [2.05, 4.69) is 19.2 Å². The average Bonchev–Trinajstić information content (AvgIpc) is 2.70. The summed E-state index contributed by atoms with van der Waals surface area (Å²) in [4.78, 5) is 14.9. The van der Waals surface area contributed by atoms with Gasteiger partial charge < -0.3 is 14.6 Å². The van der Waals surface area contributed by atoms with Gasteiger partial charge in [-0.15, -0.1) is 0 Å². The van der Waals surface area contributed by atoms with Crippen LogP contribution in [0, 0.1) is 20.8 Å². The summed E-state index contributed by atoms with van der Waals surface area (Å²) in [5.74, 6) is 1.68. The quantitative estimate of drug-likeness (QED) is 0.927. The van der Waals surface area contributed by atoms with Crippen LogP contribution in [0.3, 0.4) is 0 Å². The highest BCUT2D eigenvalue weighted by molar-refractivity contribution is 5.97. The van der Waals surface area contributed by atoms with E-state index in [-0.39, 0.29) is 11.9 Å². The number of piperidine rings is 1. The summed E-state index contributed by atoms with van der Waals surface area (Å²) >= 11 is 0. The first-order valence-electron chi connectivity index (χ1n) is 8.02. The van der Waals surface area contributed by atoms with Gasteiger partial charge in [0.1, 0.15) is 11.5 Å². The maximum Gasteiger partial charge on any atom is 0.257 e. The molecule has 1 unspecified atom stereocenters. The predicted molar refractivity (Wildman–Crippen MR) is 84.7 cm³/mol. The third-order valence-corrected chi connectivity index (χ3v) is 4.49. The molecule has 1 N–H and O–H groups in total. The van der Waals surface area contributed by atoms with Gasteiger partial charge in [-0.1, -0.05) is 6.42 Å². The van der Waals surface area contributed by atoms with E-state index in [1.54, 1.807) is 0 Å². The topological polar surface area (TPSA) is 45.5 Å². The molecule has 2 heterocycles. The lowest BCUT2D eigenvalue weighted by atomic mass is 10.0. The Morgan fingerprint density at radius 1 is 1.29 bits per heavy atom. The number of nitrogens with zero attached hydrogens (tertiary/aromatic N) is 1. The maximum atomic E-state index is 13.0. The molecule has 1 aliphatic heterocycles. The van der Waals surface area contributed by atoms with E-state index < -0.39 is 0 Å². The molecule has 1 aliphatic rings. The molecular weight excluding hydrogens is 264 g/mol. The van der Waals surface area contributed by atoms with Crippen molar-refractivity contribution in [2.45, 2.75) is 66.0 Å². The third kappa shape index (κ3) is 3.49. The molecular formula is C17H28N2O2. The van der Waals surface area contributed by atoms with Crippen molar-refractivity contribution in [3.05, 3.63) is 22.6 Å². The average molecular weight is 292 g/mol. The standard InChI is InChI=1S/C17H28N2O2/c1-11(2)19(10-15-8-6-7-9-18-15)17(20)16-12(3)13(4)21-14(16)5/h11,15,18H,6-10H2,1-5H3. The van der Waals surface area contributed by atoms with Crippen molar-refractivity contribution in [2.75, 3.05) is 13.1 Å². The number of amides is 1. The third-order valence-electron chi connectivity index (χ3n) is 4.49. The molecule has 0 spiro atoms. The maximum absolute atomic E-state index is 13.0. The van der Waals surface area contributed by atoms with E-state index in [1.165, 1.54) is 12.8 Å². The van der Waals surface area contributed by atoms with Crippen LogP contribution in [0.25, 0.3) is 0 Å². The summed E-state index contributed by atoms with van der Waals surface area (Å²) < 4.78 is 5.62. The first kappa shape index (κ1) is 16.1. The lowest BCUT2D eigenvalue weighted by Crippen LogP contribution is -2.48. The number of hydrogen-bond donors (Lipinski definition) is 1. The molecule has 118 valence electrons. The smallest absolute Gasteiger partial charge is 0.257 e. The normalized spacial score (nSPS) is 19.0. The number of carbonyl (C=O) groups is 1. The molecule has 1 amide bonds. The second kappa shape index (κ2) is 6.65. The highest BCUT2D eigenvalue weighted by Crippen LogP contribution is 2.23. The van der Waals surface area contributed by atoms with Gasteiger partial charge in [-0.25, -0.2) is 0 Å². The summed E-state index contributed by atoms with van der Waals surface area (Å²) in [6.45, 7) is 11.8. The number of carbonyl (C=O) groups excluding carboxylic acids is 1. The number of furan rings is 1. The summed E-state index contributed by atoms with van der Waals surface area (Å²) in [5.41, 5.74) is 1.72. The van der Waals surface area contributed by atoms with Crippen molar-refractivity contribution in [3.8, 4) is 0 Å². The Morgan fingerprint density at radius 2 is 2.00 bits per heavy atom. The van der Waals surface area contributed by atoms with E-state index in [0.29, 0.717) is 6.04 Å². The molecule has 1 fully saturated rings. The first-order chi connectivity index (χ1) is 9.91. The van der Waals surface area contributed by atoms with Gasteiger partial charge in [0, 0.05) is 24.2 Å². The minimum atomic E-state index is 0.101. The lowest BCUT2D eigenvalue weighted by molar-refractivity contribution is 0.0674. The molecule has 4 nitrogen and oxygen atoms in total. The minimum absolute atomic E-state index is 0.101. The number of nitrogens with one attached hydrogen (secondary N) is 1. The first-order valence-corrected chi connectivity index (χ1v) is 8.02. The Labute approximate surface area is 127 Å². The molecule has 0 aliphatic carbocycles. The van der Waals surface area contributed by atoms with Crippen LogP contribution in [0.4, 0.5) is 0 Å². The van der Waals surface area contributed by atoms with Gasteiger partial charge in [-0.05, 0) is 54.0 Å². The molecule has 1 saturated heterocycles. The fraction of sp³-hybridized carbons (Fsp3) is 0.706. The Bertz CT molecular complexity index is 499. The van der Waals surface area contributed by atoms with E-state index in [1.807, 2.05) is 25.7 Å². The van der Waals surface area contributed by atoms with Gasteiger partial charge in [0.25, 0.3) is 5.91 Å². The molecule has 1 aromatic rings. The van der Waals surface area contributed by atoms with E-state index in [4.69, 9.17) is 4.42 Å². The Balaban J connectivity index is 2.19. The molecule has 21 heavy (non-hydrogen) atoms. The van der Waals surface area contributed by atoms with E-state index in [0.717, 1.165) is 42.2 Å². The summed E-state index contributed by atoms with van der Waals surface area (Å²) in [6.07, 6.45) is 3.64. The molecule has 0 saturated carbocycles. The van der Waals surface area contributed by atoms with Crippen LogP contribution in [0.1, 0.15) is 60.6 Å². The van der Waals surface area contributed by atoms with E-state index >= 15 is 0 Å². The van der Waals surface area contributed by atoms with Crippen molar-refractivity contribution < 1.29 is 9.21 Å². The largest absolute Gasteiger partial charge is 0.466 e. The molecule has 2 rings (SSSR count). The van der Waals surface area contributed by atoms with Crippen LogP contribution in [0.15, 0.2) is 4.42 Å². The second-order valence-electron chi connectivity index (χ2n) is 6.41. The summed E-state index contributed by atoms with van der Waals surface area (Å²) in [6, 6.07) is 0.606.